The number of amides is 1. The Morgan fingerprint density at radius 1 is 1.38 bits per heavy atom. The van der Waals surface area contributed by atoms with E-state index in [9.17, 15) is 4.79 Å². The fourth-order valence-electron chi connectivity index (χ4n) is 2.90. The first-order valence-corrected chi connectivity index (χ1v) is 10.0. The van der Waals surface area contributed by atoms with Crippen LogP contribution in [0.2, 0.25) is 0 Å². The molecule has 1 saturated heterocycles. The van der Waals surface area contributed by atoms with Gasteiger partial charge in [0.2, 0.25) is 5.91 Å². The third-order valence-electron chi connectivity index (χ3n) is 4.27. The van der Waals surface area contributed by atoms with Gasteiger partial charge < -0.3 is 20.7 Å². The summed E-state index contributed by atoms with van der Waals surface area (Å²) in [6.07, 6.45) is 2.52. The molecule has 0 radical (unpaired) electrons. The smallest absolute Gasteiger partial charge is 0.221 e. The number of ether oxygens (including phenoxy) is 1. The van der Waals surface area contributed by atoms with Gasteiger partial charge in [-0.15, -0.1) is 0 Å². The molecule has 0 aliphatic carbocycles. The molecule has 0 saturated carbocycles. The van der Waals surface area contributed by atoms with Crippen molar-refractivity contribution in [2.45, 2.75) is 44.9 Å². The van der Waals surface area contributed by atoms with E-state index in [0.29, 0.717) is 18.0 Å². The Labute approximate surface area is 160 Å². The molecule has 144 valence electrons. The second-order valence-electron chi connectivity index (χ2n) is 6.67. The maximum Gasteiger partial charge on any atom is 0.221 e. The number of thioether (sulfide) groups is 1. The first kappa shape index (κ1) is 20.4. The minimum atomic E-state index is -0.124. The van der Waals surface area contributed by atoms with Crippen LogP contribution in [-0.2, 0) is 11.3 Å². The molecule has 3 N–H and O–H groups in total. The highest BCUT2D eigenvalue weighted by molar-refractivity contribution is 8.00. The maximum atomic E-state index is 11.4. The van der Waals surface area contributed by atoms with Crippen LogP contribution in [0.3, 0.4) is 0 Å². The van der Waals surface area contributed by atoms with Gasteiger partial charge in [0, 0.05) is 24.8 Å². The summed E-state index contributed by atoms with van der Waals surface area (Å²) in [5.41, 5.74) is 1.67. The number of benzene rings is 1. The van der Waals surface area contributed by atoms with Crippen LogP contribution < -0.4 is 20.7 Å². The van der Waals surface area contributed by atoms with Crippen LogP contribution in [0.5, 0.6) is 5.75 Å². The van der Waals surface area contributed by atoms with Crippen LogP contribution in [0.25, 0.3) is 0 Å². The number of nitrogens with zero attached hydrogens (tertiary/aromatic N) is 1. The summed E-state index contributed by atoms with van der Waals surface area (Å²) in [6, 6.07) is 5.72. The average molecular weight is 379 g/mol. The van der Waals surface area contributed by atoms with Crippen molar-refractivity contribution in [2.75, 3.05) is 31.3 Å². The van der Waals surface area contributed by atoms with Crippen LogP contribution in [-0.4, -0.2) is 42.6 Å². The lowest BCUT2D eigenvalue weighted by Gasteiger charge is -2.24. The van der Waals surface area contributed by atoms with Gasteiger partial charge in [0.15, 0.2) is 5.96 Å². The molecule has 1 amide bonds. The van der Waals surface area contributed by atoms with Crippen LogP contribution >= 0.6 is 11.8 Å². The van der Waals surface area contributed by atoms with E-state index >= 15 is 0 Å². The second-order valence-corrected chi connectivity index (χ2v) is 8.35. The van der Waals surface area contributed by atoms with Gasteiger partial charge >= 0.3 is 0 Å². The number of methoxy groups -OCH3 is 1. The number of carbonyl (C=O) groups is 1. The van der Waals surface area contributed by atoms with E-state index in [1.165, 1.54) is 25.5 Å². The molecule has 6 nitrogen and oxygen atoms in total. The van der Waals surface area contributed by atoms with Crippen LogP contribution in [0.15, 0.2) is 23.2 Å². The molecular formula is C19H30N4O2S. The maximum absolute atomic E-state index is 11.4. The number of anilines is 1. The van der Waals surface area contributed by atoms with Gasteiger partial charge in [-0.3, -0.25) is 4.79 Å². The standard InChI is InChI=1S/C19H30N4O2S/c1-5-20-18(22-13-19(3)9-6-10-26-19)21-12-15-7-8-17(25-4)16(11-15)23-14(2)24/h7-8,11H,5-6,9-10,12-13H2,1-4H3,(H,23,24)(H2,20,21,22). The molecule has 0 bridgehead atoms. The van der Waals surface area contributed by atoms with Gasteiger partial charge in [0.25, 0.3) is 0 Å². The Balaban J connectivity index is 2.04. The topological polar surface area (TPSA) is 74.8 Å². The van der Waals surface area contributed by atoms with Gasteiger partial charge in [-0.2, -0.15) is 11.8 Å². The van der Waals surface area contributed by atoms with Crippen molar-refractivity contribution in [1.82, 2.24) is 10.6 Å². The lowest BCUT2D eigenvalue weighted by molar-refractivity contribution is -0.114. The van der Waals surface area contributed by atoms with Crippen molar-refractivity contribution >= 4 is 29.3 Å². The number of hydrogen-bond donors (Lipinski definition) is 3. The van der Waals surface area contributed by atoms with Gasteiger partial charge in [-0.05, 0) is 50.1 Å². The molecule has 26 heavy (non-hydrogen) atoms. The quantitative estimate of drug-likeness (QED) is 0.502. The van der Waals surface area contributed by atoms with Crippen molar-refractivity contribution in [3.63, 3.8) is 0 Å². The van der Waals surface area contributed by atoms with Crippen LogP contribution in [0, 0.1) is 0 Å². The summed E-state index contributed by atoms with van der Waals surface area (Å²) >= 11 is 2.03. The van der Waals surface area contributed by atoms with Crippen LogP contribution in [0.4, 0.5) is 5.69 Å². The molecule has 1 unspecified atom stereocenters. The molecule has 1 atom stereocenters. The van der Waals surface area contributed by atoms with E-state index < -0.39 is 0 Å². The molecule has 7 heteroatoms. The number of guanidine groups is 1. The average Bonchev–Trinajstić information content (AvgIpc) is 3.04. The molecule has 1 aliphatic heterocycles. The summed E-state index contributed by atoms with van der Waals surface area (Å²) in [4.78, 5) is 16.1. The SMILES string of the molecule is CCNC(=NCc1ccc(OC)c(NC(C)=O)c1)NCC1(C)CCCS1. The van der Waals surface area contributed by atoms with Crippen molar-refractivity contribution in [2.24, 2.45) is 4.99 Å². The largest absolute Gasteiger partial charge is 0.495 e. The predicted octanol–water partition coefficient (Wildman–Crippen LogP) is 2.99. The molecule has 2 rings (SSSR count). The van der Waals surface area contributed by atoms with Crippen LogP contribution in [0.1, 0.15) is 39.2 Å². The summed E-state index contributed by atoms with van der Waals surface area (Å²) in [5, 5.41) is 9.56. The fraction of sp³-hybridized carbons (Fsp3) is 0.579. The first-order chi connectivity index (χ1) is 12.5. The number of hydrogen-bond acceptors (Lipinski definition) is 4. The van der Waals surface area contributed by atoms with Gasteiger partial charge in [0.05, 0.1) is 19.3 Å². The molecule has 1 fully saturated rings. The zero-order chi connectivity index (χ0) is 19.0. The third kappa shape index (κ3) is 6.12. The lowest BCUT2D eigenvalue weighted by Crippen LogP contribution is -2.43. The fourth-order valence-corrected chi connectivity index (χ4v) is 4.14. The van der Waals surface area contributed by atoms with E-state index in [0.717, 1.165) is 24.6 Å². The molecular weight excluding hydrogens is 348 g/mol. The molecule has 1 aromatic rings. The monoisotopic (exact) mass is 378 g/mol. The van der Waals surface area contributed by atoms with Gasteiger partial charge in [0.1, 0.15) is 5.75 Å². The minimum absolute atomic E-state index is 0.124. The Morgan fingerprint density at radius 2 is 2.19 bits per heavy atom. The number of carbonyl (C=O) groups excluding carboxylic acids is 1. The molecule has 1 aromatic carbocycles. The Hall–Kier alpha value is -1.89. The number of aliphatic imine (C=N–C) groups is 1. The van der Waals surface area contributed by atoms with Crippen molar-refractivity contribution in [3.8, 4) is 5.75 Å². The van der Waals surface area contributed by atoms with Gasteiger partial charge in [-0.1, -0.05) is 6.07 Å². The molecule has 1 aliphatic rings. The number of nitrogens with one attached hydrogen (secondary N) is 3. The zero-order valence-corrected chi connectivity index (χ0v) is 17.0. The summed E-state index contributed by atoms with van der Waals surface area (Å²) in [5.74, 6) is 2.58. The molecule has 1 heterocycles. The van der Waals surface area contributed by atoms with E-state index in [1.54, 1.807) is 7.11 Å². The highest BCUT2D eigenvalue weighted by atomic mass is 32.2. The lowest BCUT2D eigenvalue weighted by atomic mass is 10.1. The Bertz CT molecular complexity index is 642. The minimum Gasteiger partial charge on any atom is -0.495 e. The normalized spacial score (nSPS) is 19.9. The first-order valence-electron chi connectivity index (χ1n) is 9.06. The molecule has 0 spiro atoms. The van der Waals surface area contributed by atoms with Crippen molar-refractivity contribution in [1.29, 1.82) is 0 Å². The van der Waals surface area contributed by atoms with E-state index in [-0.39, 0.29) is 10.7 Å². The number of rotatable bonds is 7. The summed E-state index contributed by atoms with van der Waals surface area (Å²) in [6.45, 7) is 8.10. The third-order valence-corrected chi connectivity index (χ3v) is 5.81. The second kappa shape index (κ2) is 9.71. The molecule has 0 aromatic heterocycles. The van der Waals surface area contributed by atoms with E-state index in [1.807, 2.05) is 30.0 Å². The van der Waals surface area contributed by atoms with E-state index in [4.69, 9.17) is 4.74 Å². The predicted molar refractivity (Wildman–Crippen MR) is 110 cm³/mol. The highest BCUT2D eigenvalue weighted by Gasteiger charge is 2.29. The summed E-state index contributed by atoms with van der Waals surface area (Å²) < 4.78 is 5.58. The summed E-state index contributed by atoms with van der Waals surface area (Å²) in [7, 11) is 1.59. The van der Waals surface area contributed by atoms with E-state index in [2.05, 4.69) is 34.8 Å². The Morgan fingerprint density at radius 3 is 2.81 bits per heavy atom. The zero-order valence-electron chi connectivity index (χ0n) is 16.1. The van der Waals surface area contributed by atoms with Gasteiger partial charge in [-0.25, -0.2) is 4.99 Å². The van der Waals surface area contributed by atoms with Crippen molar-refractivity contribution in [3.05, 3.63) is 23.8 Å². The Kier molecular flexibility index (Phi) is 7.63. The highest BCUT2D eigenvalue weighted by Crippen LogP contribution is 2.36. The van der Waals surface area contributed by atoms with Crippen molar-refractivity contribution < 1.29 is 9.53 Å².